The Morgan fingerprint density at radius 3 is 1.84 bits per heavy atom. The molecule has 0 radical (unpaired) electrons. The van der Waals surface area contributed by atoms with Gasteiger partial charge in [-0.15, -0.1) is 0 Å². The first-order valence-corrected chi connectivity index (χ1v) is 10.5. The van der Waals surface area contributed by atoms with E-state index in [1.54, 1.807) is 0 Å². The van der Waals surface area contributed by atoms with Crippen molar-refractivity contribution in [3.63, 3.8) is 0 Å². The monoisotopic (exact) mass is 374 g/mol. The van der Waals surface area contributed by atoms with Gasteiger partial charge in [-0.1, -0.05) is 54.4 Å². The molecule has 1 N–H and O–H groups in total. The van der Waals surface area contributed by atoms with Gasteiger partial charge < -0.3 is 9.84 Å². The summed E-state index contributed by atoms with van der Waals surface area (Å²) >= 11 is 5.27. The lowest BCUT2D eigenvalue weighted by molar-refractivity contribution is 0.0178. The van der Waals surface area contributed by atoms with Crippen LogP contribution in [0.1, 0.15) is 80.1 Å². The molecule has 4 heteroatoms. The fraction of sp³-hybridized carbons (Fsp3) is 0.952. The molecule has 2 rings (SSSR count). The van der Waals surface area contributed by atoms with Crippen LogP contribution in [0.5, 0.6) is 0 Å². The van der Waals surface area contributed by atoms with Crippen molar-refractivity contribution < 1.29 is 14.6 Å². The predicted molar refractivity (Wildman–Crippen MR) is 105 cm³/mol. The molecule has 2 aliphatic carbocycles. The van der Waals surface area contributed by atoms with Crippen LogP contribution >= 0.6 is 11.6 Å². The van der Waals surface area contributed by atoms with Gasteiger partial charge >= 0.3 is 5.43 Å². The van der Waals surface area contributed by atoms with Crippen molar-refractivity contribution in [3.05, 3.63) is 0 Å². The van der Waals surface area contributed by atoms with Crippen LogP contribution in [0.3, 0.4) is 0 Å². The molecule has 3 nitrogen and oxygen atoms in total. The average molecular weight is 375 g/mol. The first-order chi connectivity index (χ1) is 11.6. The van der Waals surface area contributed by atoms with Crippen LogP contribution in [0.4, 0.5) is 4.79 Å². The fourth-order valence-electron chi connectivity index (χ4n) is 4.52. The van der Waals surface area contributed by atoms with Crippen LogP contribution in [-0.4, -0.2) is 22.7 Å². The molecule has 6 atom stereocenters. The summed E-state index contributed by atoms with van der Waals surface area (Å²) in [7, 11) is 0. The van der Waals surface area contributed by atoms with E-state index in [1.165, 1.54) is 19.3 Å². The van der Waals surface area contributed by atoms with Crippen LogP contribution in [0.2, 0.25) is 0 Å². The van der Waals surface area contributed by atoms with Crippen molar-refractivity contribution in [2.24, 2.45) is 35.5 Å². The third-order valence-electron chi connectivity index (χ3n) is 6.19. The number of hydrogen-bond donors (Lipinski definition) is 1. The van der Waals surface area contributed by atoms with Gasteiger partial charge in [0.25, 0.3) is 0 Å². The number of ether oxygens (including phenoxy) is 1. The van der Waals surface area contributed by atoms with E-state index >= 15 is 0 Å². The summed E-state index contributed by atoms with van der Waals surface area (Å²) < 4.78 is 5.16. The van der Waals surface area contributed by atoms with E-state index in [1.807, 2.05) is 0 Å². The largest absolute Gasteiger partial charge is 0.450 e. The lowest BCUT2D eigenvalue weighted by atomic mass is 9.75. The van der Waals surface area contributed by atoms with Crippen LogP contribution in [0.25, 0.3) is 0 Å². The number of rotatable bonds is 3. The number of aliphatic hydroxyl groups is 1. The summed E-state index contributed by atoms with van der Waals surface area (Å²) in [4.78, 5) is 10.7. The summed E-state index contributed by atoms with van der Waals surface area (Å²) in [5, 5.41) is 9.71. The normalized spacial score (nSPS) is 35.9. The molecule has 0 heterocycles. The molecular weight excluding hydrogens is 336 g/mol. The third-order valence-corrected chi connectivity index (χ3v) is 6.28. The minimum atomic E-state index is -0.658. The third kappa shape index (κ3) is 7.86. The minimum absolute atomic E-state index is 0.0289. The molecule has 0 aromatic rings. The average Bonchev–Trinajstić information content (AvgIpc) is 2.46. The maximum atomic E-state index is 10.7. The Hall–Kier alpha value is -0.280. The van der Waals surface area contributed by atoms with Gasteiger partial charge in [-0.3, -0.25) is 0 Å². The SMILES string of the molecule is CC(C)[C@@H]1CC[C@@H](C)C[C@H]1O.CC(C)[C@@H]1CC[C@@H](C)C[C@H]1OC(=O)Cl. The van der Waals surface area contributed by atoms with Crippen LogP contribution in [0, 0.1) is 35.5 Å². The molecule has 25 heavy (non-hydrogen) atoms. The lowest BCUT2D eigenvalue weighted by Crippen LogP contribution is -2.34. The molecule has 148 valence electrons. The summed E-state index contributed by atoms with van der Waals surface area (Å²) in [6, 6.07) is 0. The zero-order valence-corrected chi connectivity index (χ0v) is 17.8. The van der Waals surface area contributed by atoms with Crippen LogP contribution in [0.15, 0.2) is 0 Å². The van der Waals surface area contributed by atoms with Gasteiger partial charge in [-0.2, -0.15) is 0 Å². The van der Waals surface area contributed by atoms with Crippen molar-refractivity contribution >= 4 is 17.0 Å². The number of hydrogen-bond acceptors (Lipinski definition) is 3. The molecule has 2 fully saturated rings. The van der Waals surface area contributed by atoms with Crippen molar-refractivity contribution in [1.29, 1.82) is 0 Å². The van der Waals surface area contributed by atoms with Crippen molar-refractivity contribution in [2.45, 2.75) is 92.3 Å². The van der Waals surface area contributed by atoms with Gasteiger partial charge in [0.15, 0.2) is 0 Å². The number of halogens is 1. The van der Waals surface area contributed by atoms with Gasteiger partial charge in [0.05, 0.1) is 6.10 Å². The molecule has 0 aromatic heterocycles. The highest BCUT2D eigenvalue weighted by Crippen LogP contribution is 2.35. The topological polar surface area (TPSA) is 46.5 Å². The molecule has 0 aromatic carbocycles. The Morgan fingerprint density at radius 2 is 1.40 bits per heavy atom. The van der Waals surface area contributed by atoms with E-state index in [2.05, 4.69) is 41.5 Å². The highest BCUT2D eigenvalue weighted by atomic mass is 35.5. The van der Waals surface area contributed by atoms with Gasteiger partial charge in [0.1, 0.15) is 6.10 Å². The highest BCUT2D eigenvalue weighted by molar-refractivity contribution is 6.61. The van der Waals surface area contributed by atoms with Crippen LogP contribution in [-0.2, 0) is 4.74 Å². The first kappa shape index (κ1) is 22.8. The van der Waals surface area contributed by atoms with E-state index < -0.39 is 5.43 Å². The molecule has 2 aliphatic rings. The van der Waals surface area contributed by atoms with Gasteiger partial charge in [0.2, 0.25) is 0 Å². The molecule has 2 saturated carbocycles. The first-order valence-electron chi connectivity index (χ1n) is 10.2. The molecule has 0 amide bonds. The van der Waals surface area contributed by atoms with Gasteiger partial charge in [0, 0.05) is 11.6 Å². The summed E-state index contributed by atoms with van der Waals surface area (Å²) in [6.45, 7) is 13.2. The van der Waals surface area contributed by atoms with Gasteiger partial charge in [-0.05, 0) is 61.2 Å². The number of carbonyl (C=O) groups is 1. The van der Waals surface area contributed by atoms with E-state index in [0.29, 0.717) is 29.6 Å². The Bertz CT molecular complexity index is 397. The van der Waals surface area contributed by atoms with Gasteiger partial charge in [-0.25, -0.2) is 4.79 Å². The zero-order chi connectivity index (χ0) is 19.1. The minimum Gasteiger partial charge on any atom is -0.450 e. The summed E-state index contributed by atoms with van der Waals surface area (Å²) in [5.74, 6) is 3.63. The van der Waals surface area contributed by atoms with Crippen molar-refractivity contribution in [1.82, 2.24) is 0 Å². The second-order valence-corrected chi connectivity index (χ2v) is 9.42. The van der Waals surface area contributed by atoms with E-state index in [0.717, 1.165) is 25.2 Å². The standard InChI is InChI=1S/C11H19ClO2.C10H20O/c1-7(2)9-5-4-8(3)6-10(9)14-11(12)13;1-7(2)9-5-4-8(3)6-10(9)11/h7-10H,4-6H2,1-3H3;7-11H,4-6H2,1-3H3/t2*8-,9+,10-/m11/s1. The maximum absolute atomic E-state index is 10.7. The van der Waals surface area contributed by atoms with Crippen molar-refractivity contribution in [3.8, 4) is 0 Å². The second kappa shape index (κ2) is 10.8. The Labute approximate surface area is 159 Å². The zero-order valence-electron chi connectivity index (χ0n) is 17.0. The maximum Gasteiger partial charge on any atom is 0.404 e. The molecule has 0 spiro atoms. The smallest absolute Gasteiger partial charge is 0.404 e. The molecule has 0 aliphatic heterocycles. The Kier molecular flexibility index (Phi) is 9.80. The van der Waals surface area contributed by atoms with Crippen LogP contribution < -0.4 is 0 Å². The van der Waals surface area contributed by atoms with E-state index in [9.17, 15) is 9.90 Å². The van der Waals surface area contributed by atoms with Crippen molar-refractivity contribution in [2.75, 3.05) is 0 Å². The predicted octanol–water partition coefficient (Wildman–Crippen LogP) is 6.26. The number of carbonyl (C=O) groups excluding carboxylic acids is 1. The summed E-state index contributed by atoms with van der Waals surface area (Å²) in [5.41, 5.74) is -0.658. The molecule has 0 unspecified atom stereocenters. The number of aliphatic hydroxyl groups excluding tert-OH is 1. The second-order valence-electron chi connectivity index (χ2n) is 9.11. The van der Waals surface area contributed by atoms with E-state index in [4.69, 9.17) is 16.3 Å². The molecule has 0 bridgehead atoms. The summed E-state index contributed by atoms with van der Waals surface area (Å²) in [6.07, 6.45) is 6.89. The molecular formula is C21H39ClO3. The lowest BCUT2D eigenvalue weighted by Gasteiger charge is -2.36. The Morgan fingerprint density at radius 1 is 0.920 bits per heavy atom. The fourth-order valence-corrected chi connectivity index (χ4v) is 4.64. The Balaban J connectivity index is 0.000000257. The van der Waals surface area contributed by atoms with E-state index in [-0.39, 0.29) is 12.2 Å². The highest BCUT2D eigenvalue weighted by Gasteiger charge is 2.33. The molecule has 0 saturated heterocycles. The quantitative estimate of drug-likeness (QED) is 0.592.